The zero-order valence-corrected chi connectivity index (χ0v) is 11.7. The Morgan fingerprint density at radius 1 is 1.33 bits per heavy atom. The molecule has 0 aliphatic heterocycles. The van der Waals surface area contributed by atoms with Gasteiger partial charge < -0.3 is 5.32 Å². The van der Waals surface area contributed by atoms with Gasteiger partial charge in [-0.15, -0.1) is 0 Å². The summed E-state index contributed by atoms with van der Waals surface area (Å²) < 4.78 is 2.03. The molecule has 96 valence electrons. The predicted octanol–water partition coefficient (Wildman–Crippen LogP) is 3.17. The molecule has 1 N–H and O–H groups in total. The highest BCUT2D eigenvalue weighted by Gasteiger charge is 2.17. The van der Waals surface area contributed by atoms with Crippen molar-refractivity contribution < 1.29 is 0 Å². The lowest BCUT2D eigenvalue weighted by molar-refractivity contribution is 0.561. The first kappa shape index (κ1) is 13.1. The third kappa shape index (κ3) is 2.57. The number of benzene rings is 1. The maximum absolute atomic E-state index is 5.93. The third-order valence-electron chi connectivity index (χ3n) is 3.02. The average molecular weight is 264 g/mol. The van der Waals surface area contributed by atoms with Crippen molar-refractivity contribution in [3.05, 3.63) is 52.3 Å². The molecule has 0 amide bonds. The van der Waals surface area contributed by atoms with Crippen LogP contribution in [0.5, 0.6) is 0 Å². The van der Waals surface area contributed by atoms with Gasteiger partial charge in [-0.05, 0) is 44.7 Å². The summed E-state index contributed by atoms with van der Waals surface area (Å²) in [4.78, 5) is 0. The van der Waals surface area contributed by atoms with Gasteiger partial charge in [0.2, 0.25) is 0 Å². The van der Waals surface area contributed by atoms with Crippen LogP contribution in [0.4, 0.5) is 0 Å². The van der Waals surface area contributed by atoms with Crippen LogP contribution >= 0.6 is 11.6 Å². The van der Waals surface area contributed by atoms with E-state index in [1.54, 1.807) is 0 Å². The lowest BCUT2D eigenvalue weighted by atomic mass is 10.0. The number of hydrogen-bond donors (Lipinski definition) is 1. The van der Waals surface area contributed by atoms with E-state index < -0.39 is 0 Å². The summed E-state index contributed by atoms with van der Waals surface area (Å²) in [6, 6.07) is 10.2. The van der Waals surface area contributed by atoms with Gasteiger partial charge in [0.25, 0.3) is 0 Å². The largest absolute Gasteiger partial charge is 0.308 e. The molecule has 0 spiro atoms. The second-order valence-corrected chi connectivity index (χ2v) is 4.74. The number of halogens is 1. The third-order valence-corrected chi connectivity index (χ3v) is 3.27. The first-order valence-electron chi connectivity index (χ1n) is 6.12. The summed E-state index contributed by atoms with van der Waals surface area (Å²) in [7, 11) is 1.96. The second kappa shape index (κ2) is 5.55. The molecule has 2 rings (SSSR count). The van der Waals surface area contributed by atoms with Gasteiger partial charge in [-0.1, -0.05) is 23.7 Å². The highest BCUT2D eigenvalue weighted by Crippen LogP contribution is 2.23. The average Bonchev–Trinajstić information content (AvgIpc) is 2.74. The SMILES string of the molecule is CCn1nc(C)cc1C(NC)c1ccc(Cl)cc1. The van der Waals surface area contributed by atoms with Gasteiger partial charge >= 0.3 is 0 Å². The van der Waals surface area contributed by atoms with Crippen LogP contribution in [0.25, 0.3) is 0 Å². The van der Waals surface area contributed by atoms with Crippen LogP contribution in [0.1, 0.15) is 29.9 Å². The van der Waals surface area contributed by atoms with Crippen molar-refractivity contribution in [3.63, 3.8) is 0 Å². The minimum atomic E-state index is 0.142. The van der Waals surface area contributed by atoms with Gasteiger partial charge in [0, 0.05) is 11.6 Å². The van der Waals surface area contributed by atoms with Crippen molar-refractivity contribution in [1.29, 1.82) is 0 Å². The minimum Gasteiger partial charge on any atom is -0.308 e. The van der Waals surface area contributed by atoms with Crippen LogP contribution in [0.2, 0.25) is 5.02 Å². The molecular formula is C14H18ClN3. The Bertz CT molecular complexity index is 516. The molecule has 1 aromatic heterocycles. The molecule has 0 saturated carbocycles. The summed E-state index contributed by atoms with van der Waals surface area (Å²) >= 11 is 5.93. The molecule has 0 fully saturated rings. The summed E-state index contributed by atoms with van der Waals surface area (Å²) in [5.41, 5.74) is 3.41. The fourth-order valence-electron chi connectivity index (χ4n) is 2.19. The topological polar surface area (TPSA) is 29.9 Å². The van der Waals surface area contributed by atoms with E-state index in [9.17, 15) is 0 Å². The molecule has 0 radical (unpaired) electrons. The predicted molar refractivity (Wildman–Crippen MR) is 75.0 cm³/mol. The molecular weight excluding hydrogens is 246 g/mol. The van der Waals surface area contributed by atoms with E-state index in [2.05, 4.69) is 23.4 Å². The fraction of sp³-hybridized carbons (Fsp3) is 0.357. The number of hydrogen-bond acceptors (Lipinski definition) is 2. The molecule has 1 aromatic carbocycles. The molecule has 0 bridgehead atoms. The minimum absolute atomic E-state index is 0.142. The van der Waals surface area contributed by atoms with Crippen molar-refractivity contribution in [2.24, 2.45) is 0 Å². The van der Waals surface area contributed by atoms with Crippen LogP contribution in [-0.4, -0.2) is 16.8 Å². The van der Waals surface area contributed by atoms with Gasteiger partial charge in [-0.3, -0.25) is 4.68 Å². The fourth-order valence-corrected chi connectivity index (χ4v) is 2.32. The van der Waals surface area contributed by atoms with E-state index in [-0.39, 0.29) is 6.04 Å². The Balaban J connectivity index is 2.41. The molecule has 1 unspecified atom stereocenters. The molecule has 4 heteroatoms. The lowest BCUT2D eigenvalue weighted by Gasteiger charge is -2.18. The van der Waals surface area contributed by atoms with Crippen molar-refractivity contribution in [2.75, 3.05) is 7.05 Å². The Morgan fingerprint density at radius 2 is 2.00 bits per heavy atom. The molecule has 1 atom stereocenters. The number of aryl methyl sites for hydroxylation is 2. The normalized spacial score (nSPS) is 12.7. The first-order chi connectivity index (χ1) is 8.65. The van der Waals surface area contributed by atoms with E-state index in [1.165, 1.54) is 11.3 Å². The second-order valence-electron chi connectivity index (χ2n) is 4.30. The van der Waals surface area contributed by atoms with Gasteiger partial charge in [0.1, 0.15) is 0 Å². The number of rotatable bonds is 4. The van der Waals surface area contributed by atoms with E-state index in [0.717, 1.165) is 17.3 Å². The number of nitrogens with one attached hydrogen (secondary N) is 1. The highest BCUT2D eigenvalue weighted by molar-refractivity contribution is 6.30. The van der Waals surface area contributed by atoms with Gasteiger partial charge in [0.05, 0.1) is 17.4 Å². The maximum Gasteiger partial charge on any atom is 0.0745 e. The summed E-state index contributed by atoms with van der Waals surface area (Å²) in [6.07, 6.45) is 0. The first-order valence-corrected chi connectivity index (χ1v) is 6.50. The molecule has 2 aromatic rings. The van der Waals surface area contributed by atoms with E-state index in [1.807, 2.05) is 42.9 Å². The molecule has 0 saturated heterocycles. The van der Waals surface area contributed by atoms with E-state index in [0.29, 0.717) is 0 Å². The summed E-state index contributed by atoms with van der Waals surface area (Å²) in [5.74, 6) is 0. The zero-order valence-electron chi connectivity index (χ0n) is 10.9. The van der Waals surface area contributed by atoms with Crippen molar-refractivity contribution in [1.82, 2.24) is 15.1 Å². The quantitative estimate of drug-likeness (QED) is 0.918. The van der Waals surface area contributed by atoms with Crippen LogP contribution in [0.15, 0.2) is 30.3 Å². The number of nitrogens with zero attached hydrogens (tertiary/aromatic N) is 2. The van der Waals surface area contributed by atoms with E-state index in [4.69, 9.17) is 11.6 Å². The molecule has 0 aliphatic carbocycles. The number of aromatic nitrogens is 2. The van der Waals surface area contributed by atoms with Crippen LogP contribution in [0, 0.1) is 6.92 Å². The van der Waals surface area contributed by atoms with Crippen molar-refractivity contribution in [3.8, 4) is 0 Å². The smallest absolute Gasteiger partial charge is 0.0745 e. The lowest BCUT2D eigenvalue weighted by Crippen LogP contribution is -2.21. The Morgan fingerprint density at radius 3 is 2.56 bits per heavy atom. The zero-order chi connectivity index (χ0) is 13.1. The summed E-state index contributed by atoms with van der Waals surface area (Å²) in [5, 5.41) is 8.59. The molecule has 0 aliphatic rings. The molecule has 18 heavy (non-hydrogen) atoms. The van der Waals surface area contributed by atoms with E-state index >= 15 is 0 Å². The van der Waals surface area contributed by atoms with Gasteiger partial charge in [-0.2, -0.15) is 5.10 Å². The molecule has 3 nitrogen and oxygen atoms in total. The van der Waals surface area contributed by atoms with Crippen LogP contribution in [0.3, 0.4) is 0 Å². The van der Waals surface area contributed by atoms with Crippen molar-refractivity contribution >= 4 is 11.6 Å². The highest BCUT2D eigenvalue weighted by atomic mass is 35.5. The molecule has 1 heterocycles. The van der Waals surface area contributed by atoms with Crippen LogP contribution in [-0.2, 0) is 6.54 Å². The maximum atomic E-state index is 5.93. The Kier molecular flexibility index (Phi) is 4.04. The summed E-state index contributed by atoms with van der Waals surface area (Å²) in [6.45, 7) is 4.99. The van der Waals surface area contributed by atoms with Gasteiger partial charge in [0.15, 0.2) is 0 Å². The standard InChI is InChI=1S/C14H18ClN3/c1-4-18-13(9-10(2)17-18)14(16-3)11-5-7-12(15)8-6-11/h5-9,14,16H,4H2,1-3H3. The monoisotopic (exact) mass is 263 g/mol. The van der Waals surface area contributed by atoms with Crippen LogP contribution < -0.4 is 5.32 Å². The van der Waals surface area contributed by atoms with Crippen molar-refractivity contribution in [2.45, 2.75) is 26.4 Å². The van der Waals surface area contributed by atoms with Gasteiger partial charge in [-0.25, -0.2) is 0 Å². The Labute approximate surface area is 113 Å². The Hall–Kier alpha value is -1.32.